The van der Waals surface area contributed by atoms with E-state index in [1.54, 1.807) is 11.8 Å². The Morgan fingerprint density at radius 3 is 2.79 bits per heavy atom. The summed E-state index contributed by atoms with van der Waals surface area (Å²) in [7, 11) is 0. The summed E-state index contributed by atoms with van der Waals surface area (Å²) in [5, 5.41) is 19.2. The van der Waals surface area contributed by atoms with Crippen molar-refractivity contribution in [3.05, 3.63) is 0 Å². The Hall–Kier alpha value is -0.220. The van der Waals surface area contributed by atoms with Crippen LogP contribution in [0.5, 0.6) is 0 Å². The molecule has 0 spiro atoms. The number of carboxylic acid groups (broad SMARTS) is 1. The maximum atomic E-state index is 11.0. The van der Waals surface area contributed by atoms with Crippen LogP contribution in [0.15, 0.2) is 0 Å². The van der Waals surface area contributed by atoms with Crippen LogP contribution in [-0.2, 0) is 4.79 Å². The highest BCUT2D eigenvalue weighted by atomic mass is 32.2. The summed E-state index contributed by atoms with van der Waals surface area (Å²) < 4.78 is 0. The van der Waals surface area contributed by atoms with E-state index in [9.17, 15) is 9.90 Å². The summed E-state index contributed by atoms with van der Waals surface area (Å²) in [5.41, 5.74) is -0.953. The lowest BCUT2D eigenvalue weighted by atomic mass is 9.83. The van der Waals surface area contributed by atoms with Gasteiger partial charge in [0.25, 0.3) is 0 Å². The highest BCUT2D eigenvalue weighted by Gasteiger charge is 2.43. The van der Waals surface area contributed by atoms with E-state index >= 15 is 0 Å². The Morgan fingerprint density at radius 2 is 2.36 bits per heavy atom. The zero-order valence-electron chi connectivity index (χ0n) is 8.53. The van der Waals surface area contributed by atoms with Crippen molar-refractivity contribution < 1.29 is 15.0 Å². The monoisotopic (exact) mass is 218 g/mol. The maximum absolute atomic E-state index is 11.0. The third kappa shape index (κ3) is 2.64. The Kier molecular flexibility index (Phi) is 4.26. The van der Waals surface area contributed by atoms with Gasteiger partial charge in [0.05, 0.1) is 11.5 Å². The minimum atomic E-state index is -0.953. The van der Waals surface area contributed by atoms with Crippen LogP contribution in [0, 0.1) is 5.92 Å². The molecule has 1 aliphatic heterocycles. The van der Waals surface area contributed by atoms with Gasteiger partial charge in [0.1, 0.15) is 0 Å². The van der Waals surface area contributed by atoms with Gasteiger partial charge in [-0.05, 0) is 18.6 Å². The summed E-state index contributed by atoms with van der Waals surface area (Å²) in [6.45, 7) is 2.03. The number of rotatable bonds is 5. The average molecular weight is 218 g/mol. The molecule has 1 fully saturated rings. The summed E-state index contributed by atoms with van der Waals surface area (Å²) in [4.78, 5) is 11.0. The van der Waals surface area contributed by atoms with E-state index in [2.05, 4.69) is 0 Å². The molecule has 82 valence electrons. The minimum absolute atomic E-state index is 0.572. The third-order valence-corrected chi connectivity index (χ3v) is 4.02. The van der Waals surface area contributed by atoms with Crippen LogP contribution in [-0.4, -0.2) is 33.3 Å². The number of hydrogen-bond acceptors (Lipinski definition) is 3. The lowest BCUT2D eigenvalue weighted by Gasteiger charge is -2.28. The molecule has 0 bridgehead atoms. The van der Waals surface area contributed by atoms with E-state index in [1.165, 1.54) is 0 Å². The van der Waals surface area contributed by atoms with Gasteiger partial charge in [0.15, 0.2) is 0 Å². The van der Waals surface area contributed by atoms with Crippen molar-refractivity contribution in [1.82, 2.24) is 0 Å². The largest absolute Gasteiger partial charge is 0.481 e. The van der Waals surface area contributed by atoms with E-state index in [0.29, 0.717) is 18.6 Å². The molecule has 14 heavy (non-hydrogen) atoms. The summed E-state index contributed by atoms with van der Waals surface area (Å²) in [5.74, 6) is 0.0426. The van der Waals surface area contributed by atoms with Crippen LogP contribution >= 0.6 is 11.8 Å². The molecule has 1 aliphatic rings. The van der Waals surface area contributed by atoms with Gasteiger partial charge in [-0.2, -0.15) is 11.8 Å². The van der Waals surface area contributed by atoms with Crippen molar-refractivity contribution in [2.45, 2.75) is 38.2 Å². The van der Waals surface area contributed by atoms with Crippen molar-refractivity contribution in [2.24, 2.45) is 5.92 Å². The summed E-state index contributed by atoms with van der Waals surface area (Å²) in [6.07, 6.45) is 3.08. The first kappa shape index (κ1) is 11.9. The summed E-state index contributed by atoms with van der Waals surface area (Å²) in [6, 6.07) is 0. The van der Waals surface area contributed by atoms with E-state index in [0.717, 1.165) is 18.6 Å². The molecule has 2 atom stereocenters. The molecule has 0 aromatic heterocycles. The molecule has 0 saturated carbocycles. The third-order valence-electron chi connectivity index (χ3n) is 2.82. The normalized spacial score (nSPS) is 29.0. The lowest BCUT2D eigenvalue weighted by Crippen LogP contribution is -2.42. The van der Waals surface area contributed by atoms with Crippen LogP contribution in [0.2, 0.25) is 0 Å². The Morgan fingerprint density at radius 1 is 1.64 bits per heavy atom. The van der Waals surface area contributed by atoms with Crippen LogP contribution < -0.4 is 0 Å². The van der Waals surface area contributed by atoms with Gasteiger partial charge in [0, 0.05) is 5.75 Å². The Bertz CT molecular complexity index is 200. The molecule has 2 N–H and O–H groups in total. The van der Waals surface area contributed by atoms with E-state index in [-0.39, 0.29) is 0 Å². The molecule has 2 unspecified atom stereocenters. The first-order valence-corrected chi connectivity index (χ1v) is 6.28. The van der Waals surface area contributed by atoms with Crippen LogP contribution in [0.3, 0.4) is 0 Å². The van der Waals surface area contributed by atoms with Crippen molar-refractivity contribution in [1.29, 1.82) is 0 Å². The SMILES string of the molecule is CCCCC(C(=O)O)C1(O)CCSC1. The second-order valence-electron chi connectivity index (χ2n) is 3.94. The van der Waals surface area contributed by atoms with Gasteiger partial charge in [-0.15, -0.1) is 0 Å². The quantitative estimate of drug-likeness (QED) is 0.738. The number of aliphatic carboxylic acids is 1. The Balaban J connectivity index is 2.61. The molecule has 0 radical (unpaired) electrons. The fourth-order valence-corrected chi connectivity index (χ4v) is 3.22. The molecule has 1 saturated heterocycles. The minimum Gasteiger partial charge on any atom is -0.481 e. The van der Waals surface area contributed by atoms with E-state index < -0.39 is 17.5 Å². The number of unbranched alkanes of at least 4 members (excludes halogenated alkanes) is 1. The number of carboxylic acids is 1. The van der Waals surface area contributed by atoms with Gasteiger partial charge in [-0.25, -0.2) is 0 Å². The smallest absolute Gasteiger partial charge is 0.309 e. The topological polar surface area (TPSA) is 57.5 Å². The number of thioether (sulfide) groups is 1. The molecule has 4 heteroatoms. The van der Waals surface area contributed by atoms with Crippen molar-refractivity contribution in [2.75, 3.05) is 11.5 Å². The molecule has 1 heterocycles. The highest BCUT2D eigenvalue weighted by molar-refractivity contribution is 7.99. The molecule has 1 rings (SSSR count). The van der Waals surface area contributed by atoms with Crippen LogP contribution in [0.25, 0.3) is 0 Å². The maximum Gasteiger partial charge on any atom is 0.309 e. The predicted molar refractivity (Wildman–Crippen MR) is 57.5 cm³/mol. The standard InChI is InChI=1S/C10H18O3S/c1-2-3-4-8(9(11)12)10(13)5-6-14-7-10/h8,13H,2-7H2,1H3,(H,11,12). The average Bonchev–Trinajstić information content (AvgIpc) is 2.53. The van der Waals surface area contributed by atoms with Gasteiger partial charge in [-0.1, -0.05) is 19.8 Å². The van der Waals surface area contributed by atoms with Crippen LogP contribution in [0.4, 0.5) is 0 Å². The predicted octanol–water partition coefficient (Wildman–Crippen LogP) is 1.75. The fourth-order valence-electron chi connectivity index (χ4n) is 1.88. The second kappa shape index (κ2) is 5.03. The molecular weight excluding hydrogens is 200 g/mol. The van der Waals surface area contributed by atoms with Crippen molar-refractivity contribution >= 4 is 17.7 Å². The van der Waals surface area contributed by atoms with Gasteiger partial charge < -0.3 is 10.2 Å². The van der Waals surface area contributed by atoms with Gasteiger partial charge in [-0.3, -0.25) is 4.79 Å². The highest BCUT2D eigenvalue weighted by Crippen LogP contribution is 2.36. The molecule has 0 aromatic rings. The fraction of sp³-hybridized carbons (Fsp3) is 0.900. The van der Waals surface area contributed by atoms with Crippen LogP contribution in [0.1, 0.15) is 32.6 Å². The Labute approximate surface area is 88.9 Å². The number of hydrogen-bond donors (Lipinski definition) is 2. The van der Waals surface area contributed by atoms with Gasteiger partial charge in [0.2, 0.25) is 0 Å². The summed E-state index contributed by atoms with van der Waals surface area (Å²) >= 11 is 1.65. The lowest BCUT2D eigenvalue weighted by molar-refractivity contribution is -0.151. The number of aliphatic hydroxyl groups is 1. The molecule has 3 nitrogen and oxygen atoms in total. The van der Waals surface area contributed by atoms with Crippen molar-refractivity contribution in [3.8, 4) is 0 Å². The first-order chi connectivity index (χ1) is 6.60. The van der Waals surface area contributed by atoms with E-state index in [1.807, 2.05) is 6.92 Å². The molecule has 0 aliphatic carbocycles. The zero-order valence-corrected chi connectivity index (χ0v) is 9.35. The molecule has 0 amide bonds. The van der Waals surface area contributed by atoms with Gasteiger partial charge >= 0.3 is 5.97 Å². The molecular formula is C10H18O3S. The molecule has 0 aromatic carbocycles. The zero-order chi connectivity index (χ0) is 10.6. The van der Waals surface area contributed by atoms with Crippen molar-refractivity contribution in [3.63, 3.8) is 0 Å². The number of carbonyl (C=O) groups is 1. The second-order valence-corrected chi connectivity index (χ2v) is 5.04. The first-order valence-electron chi connectivity index (χ1n) is 5.13. The van der Waals surface area contributed by atoms with E-state index in [4.69, 9.17) is 5.11 Å².